The highest BCUT2D eigenvalue weighted by Gasteiger charge is 2.30. The van der Waals surface area contributed by atoms with E-state index in [0.717, 1.165) is 3.57 Å². The predicted octanol–water partition coefficient (Wildman–Crippen LogP) is 1.27. The van der Waals surface area contributed by atoms with Gasteiger partial charge in [0, 0.05) is 36.2 Å². The molecule has 1 amide bonds. The van der Waals surface area contributed by atoms with E-state index in [-0.39, 0.29) is 23.8 Å². The van der Waals surface area contributed by atoms with Crippen molar-refractivity contribution < 1.29 is 19.7 Å². The molecular formula is C13H16INO4. The van der Waals surface area contributed by atoms with Crippen LogP contribution >= 0.6 is 22.6 Å². The van der Waals surface area contributed by atoms with Crippen molar-refractivity contribution >= 4 is 28.5 Å². The van der Waals surface area contributed by atoms with Crippen LogP contribution in [0.1, 0.15) is 23.2 Å². The van der Waals surface area contributed by atoms with Crippen molar-refractivity contribution in [3.8, 4) is 5.75 Å². The van der Waals surface area contributed by atoms with E-state index in [0.29, 0.717) is 26.1 Å². The Hall–Kier alpha value is -0.860. The van der Waals surface area contributed by atoms with Gasteiger partial charge in [0.25, 0.3) is 5.91 Å². The molecule has 104 valence electrons. The number of amides is 1. The quantitative estimate of drug-likeness (QED) is 0.694. The number of hydrogen-bond donors (Lipinski definition) is 3. The topological polar surface area (TPSA) is 78.8 Å². The van der Waals surface area contributed by atoms with E-state index in [4.69, 9.17) is 4.74 Å². The van der Waals surface area contributed by atoms with Gasteiger partial charge in [-0.15, -0.1) is 0 Å². The SMILES string of the molecule is O=C(NCC1(O)CCOCC1)c1cc(I)ccc1O. The number of hydrogen-bond acceptors (Lipinski definition) is 4. The van der Waals surface area contributed by atoms with E-state index >= 15 is 0 Å². The number of benzene rings is 1. The zero-order valence-corrected chi connectivity index (χ0v) is 12.5. The van der Waals surface area contributed by atoms with Crippen LogP contribution in [0.3, 0.4) is 0 Å². The van der Waals surface area contributed by atoms with Crippen molar-refractivity contribution in [3.63, 3.8) is 0 Å². The molecule has 1 aliphatic heterocycles. The van der Waals surface area contributed by atoms with Gasteiger partial charge in [0.2, 0.25) is 0 Å². The highest BCUT2D eigenvalue weighted by molar-refractivity contribution is 14.1. The summed E-state index contributed by atoms with van der Waals surface area (Å²) in [7, 11) is 0. The van der Waals surface area contributed by atoms with Crippen LogP contribution in [-0.2, 0) is 4.74 Å². The Bertz CT molecular complexity index is 472. The number of carbonyl (C=O) groups excluding carboxylic acids is 1. The number of nitrogens with one attached hydrogen (secondary N) is 1. The molecule has 1 aromatic rings. The van der Waals surface area contributed by atoms with Crippen molar-refractivity contribution in [2.75, 3.05) is 19.8 Å². The first-order valence-corrected chi connectivity index (χ1v) is 7.15. The lowest BCUT2D eigenvalue weighted by Crippen LogP contribution is -2.46. The number of halogens is 1. The molecule has 1 saturated heterocycles. The van der Waals surface area contributed by atoms with Gasteiger partial charge in [-0.3, -0.25) is 4.79 Å². The maximum Gasteiger partial charge on any atom is 0.255 e. The van der Waals surface area contributed by atoms with Crippen LogP contribution in [0.2, 0.25) is 0 Å². The minimum Gasteiger partial charge on any atom is -0.507 e. The third-order valence-electron chi connectivity index (χ3n) is 3.20. The van der Waals surface area contributed by atoms with Crippen molar-refractivity contribution in [1.82, 2.24) is 5.32 Å². The Kier molecular flexibility index (Phi) is 4.64. The Morgan fingerprint density at radius 1 is 1.42 bits per heavy atom. The first-order chi connectivity index (χ1) is 9.00. The molecular weight excluding hydrogens is 361 g/mol. The summed E-state index contributed by atoms with van der Waals surface area (Å²) in [4.78, 5) is 12.0. The highest BCUT2D eigenvalue weighted by Crippen LogP contribution is 2.21. The highest BCUT2D eigenvalue weighted by atomic mass is 127. The second-order valence-electron chi connectivity index (χ2n) is 4.68. The largest absolute Gasteiger partial charge is 0.507 e. The molecule has 2 rings (SSSR count). The molecule has 1 heterocycles. The van der Waals surface area contributed by atoms with Crippen molar-refractivity contribution in [2.24, 2.45) is 0 Å². The van der Waals surface area contributed by atoms with E-state index in [1.807, 2.05) is 0 Å². The van der Waals surface area contributed by atoms with E-state index < -0.39 is 5.60 Å². The van der Waals surface area contributed by atoms with Gasteiger partial charge in [-0.05, 0) is 40.8 Å². The Balaban J connectivity index is 1.99. The summed E-state index contributed by atoms with van der Waals surface area (Å²) in [5.74, 6) is -0.437. The number of aliphatic hydroxyl groups is 1. The van der Waals surface area contributed by atoms with Gasteiger partial charge in [0.05, 0.1) is 11.2 Å². The molecule has 1 aromatic carbocycles. The summed E-state index contributed by atoms with van der Waals surface area (Å²) < 4.78 is 6.04. The van der Waals surface area contributed by atoms with Gasteiger partial charge >= 0.3 is 0 Å². The molecule has 6 heteroatoms. The van der Waals surface area contributed by atoms with Gasteiger partial charge in [-0.25, -0.2) is 0 Å². The van der Waals surface area contributed by atoms with Crippen LogP contribution in [0.5, 0.6) is 5.75 Å². The lowest BCUT2D eigenvalue weighted by atomic mass is 9.94. The molecule has 0 radical (unpaired) electrons. The van der Waals surface area contributed by atoms with Gasteiger partial charge < -0.3 is 20.3 Å². The van der Waals surface area contributed by atoms with E-state index in [2.05, 4.69) is 27.9 Å². The average Bonchev–Trinajstić information content (AvgIpc) is 2.40. The van der Waals surface area contributed by atoms with Gasteiger partial charge in [-0.2, -0.15) is 0 Å². The Morgan fingerprint density at radius 2 is 2.11 bits per heavy atom. The van der Waals surface area contributed by atoms with E-state index in [1.165, 1.54) is 6.07 Å². The second-order valence-corrected chi connectivity index (χ2v) is 5.93. The smallest absolute Gasteiger partial charge is 0.255 e. The third-order valence-corrected chi connectivity index (χ3v) is 3.88. The van der Waals surface area contributed by atoms with Crippen LogP contribution in [0.4, 0.5) is 0 Å². The number of phenolic OH excluding ortho intramolecular Hbond substituents is 1. The first kappa shape index (κ1) is 14.5. The predicted molar refractivity (Wildman–Crippen MR) is 78.2 cm³/mol. The normalized spacial score (nSPS) is 18.0. The number of rotatable bonds is 3. The fourth-order valence-corrected chi connectivity index (χ4v) is 2.45. The van der Waals surface area contributed by atoms with Crippen LogP contribution in [0, 0.1) is 3.57 Å². The zero-order chi connectivity index (χ0) is 13.9. The molecule has 0 aliphatic carbocycles. The molecule has 0 saturated carbocycles. The number of phenols is 1. The molecule has 0 atom stereocenters. The molecule has 0 bridgehead atoms. The van der Waals surface area contributed by atoms with Crippen molar-refractivity contribution in [2.45, 2.75) is 18.4 Å². The summed E-state index contributed by atoms with van der Waals surface area (Å²) in [6.45, 7) is 1.17. The number of carbonyl (C=O) groups is 1. The zero-order valence-electron chi connectivity index (χ0n) is 10.4. The summed E-state index contributed by atoms with van der Waals surface area (Å²) in [6.07, 6.45) is 1.01. The van der Waals surface area contributed by atoms with E-state index in [9.17, 15) is 15.0 Å². The van der Waals surface area contributed by atoms with Gasteiger partial charge in [0.15, 0.2) is 0 Å². The molecule has 0 aromatic heterocycles. The van der Waals surface area contributed by atoms with Crippen LogP contribution in [0.15, 0.2) is 18.2 Å². The summed E-state index contributed by atoms with van der Waals surface area (Å²) in [5.41, 5.74) is -0.687. The minimum absolute atomic E-state index is 0.0584. The molecule has 1 aliphatic rings. The first-order valence-electron chi connectivity index (χ1n) is 6.07. The maximum atomic E-state index is 12.0. The molecule has 0 unspecified atom stereocenters. The summed E-state index contributed by atoms with van der Waals surface area (Å²) in [6, 6.07) is 4.82. The fourth-order valence-electron chi connectivity index (χ4n) is 1.96. The monoisotopic (exact) mass is 377 g/mol. The van der Waals surface area contributed by atoms with E-state index in [1.54, 1.807) is 12.1 Å². The molecule has 3 N–H and O–H groups in total. The maximum absolute atomic E-state index is 12.0. The van der Waals surface area contributed by atoms with Crippen LogP contribution in [0.25, 0.3) is 0 Å². The van der Waals surface area contributed by atoms with Crippen molar-refractivity contribution in [3.05, 3.63) is 27.3 Å². The van der Waals surface area contributed by atoms with Crippen molar-refractivity contribution in [1.29, 1.82) is 0 Å². The lowest BCUT2D eigenvalue weighted by molar-refractivity contribution is -0.0605. The number of aromatic hydroxyl groups is 1. The Morgan fingerprint density at radius 3 is 2.79 bits per heavy atom. The minimum atomic E-state index is -0.911. The Labute approximate surface area is 125 Å². The standard InChI is InChI=1S/C13H16INO4/c14-9-1-2-11(16)10(7-9)12(17)15-8-13(18)3-5-19-6-4-13/h1-2,7,16,18H,3-6,8H2,(H,15,17). The molecule has 1 fully saturated rings. The number of ether oxygens (including phenoxy) is 1. The van der Waals surface area contributed by atoms with Gasteiger partial charge in [-0.1, -0.05) is 0 Å². The summed E-state index contributed by atoms with van der Waals surface area (Å²) >= 11 is 2.07. The third kappa shape index (κ3) is 3.80. The second kappa shape index (κ2) is 6.06. The van der Waals surface area contributed by atoms with Crippen LogP contribution < -0.4 is 5.32 Å². The fraction of sp³-hybridized carbons (Fsp3) is 0.462. The molecule has 5 nitrogen and oxygen atoms in total. The van der Waals surface area contributed by atoms with Crippen LogP contribution in [-0.4, -0.2) is 41.5 Å². The summed E-state index contributed by atoms with van der Waals surface area (Å²) in [5, 5.41) is 22.6. The average molecular weight is 377 g/mol. The lowest BCUT2D eigenvalue weighted by Gasteiger charge is -2.32. The molecule has 0 spiro atoms. The molecule has 19 heavy (non-hydrogen) atoms. The van der Waals surface area contributed by atoms with Gasteiger partial charge in [0.1, 0.15) is 5.75 Å².